The molecule has 37 heavy (non-hydrogen) atoms. The van der Waals surface area contributed by atoms with Gasteiger partial charge in [-0.1, -0.05) is 37.3 Å². The second-order valence-electron chi connectivity index (χ2n) is 10.2. The van der Waals surface area contributed by atoms with Crippen LogP contribution in [0.4, 0.5) is 0 Å². The summed E-state index contributed by atoms with van der Waals surface area (Å²) in [5.74, 6) is 2.36. The van der Waals surface area contributed by atoms with Gasteiger partial charge in [0, 0.05) is 15.2 Å². The van der Waals surface area contributed by atoms with Crippen LogP contribution in [0.25, 0.3) is 0 Å². The van der Waals surface area contributed by atoms with Crippen molar-refractivity contribution in [2.75, 3.05) is 19.9 Å². The Labute approximate surface area is 233 Å². The first-order chi connectivity index (χ1) is 18.0. The van der Waals surface area contributed by atoms with Gasteiger partial charge in [0.25, 0.3) is 5.91 Å². The van der Waals surface area contributed by atoms with Crippen LogP contribution in [0.1, 0.15) is 72.2 Å². The number of likely N-dealkylation sites (tertiary alicyclic amines) is 1. The van der Waals surface area contributed by atoms with E-state index in [0.29, 0.717) is 18.8 Å². The van der Waals surface area contributed by atoms with Crippen LogP contribution in [0.5, 0.6) is 11.5 Å². The summed E-state index contributed by atoms with van der Waals surface area (Å²) < 4.78 is 12.2. The Balaban J connectivity index is 1.12. The number of hydrogen-bond acceptors (Lipinski definition) is 4. The predicted octanol–water partition coefficient (Wildman–Crippen LogP) is 6.92. The number of piperidine rings is 1. The molecule has 0 bridgehead atoms. The monoisotopic (exact) mass is 610 g/mol. The molecule has 0 spiro atoms. The minimum Gasteiger partial charge on any atom is -0.454 e. The number of nitrogens with one attached hydrogen (secondary N) is 1. The summed E-state index contributed by atoms with van der Waals surface area (Å²) in [7, 11) is 0. The lowest BCUT2D eigenvalue weighted by molar-refractivity contribution is 0.0935. The van der Waals surface area contributed by atoms with Crippen molar-refractivity contribution in [1.82, 2.24) is 10.2 Å². The van der Waals surface area contributed by atoms with E-state index in [-0.39, 0.29) is 11.9 Å². The number of rotatable bonds is 8. The summed E-state index contributed by atoms with van der Waals surface area (Å²) in [4.78, 5) is 15.5. The highest BCUT2D eigenvalue weighted by Crippen LogP contribution is 2.36. The van der Waals surface area contributed by atoms with Crippen molar-refractivity contribution in [3.8, 4) is 11.5 Å². The van der Waals surface area contributed by atoms with E-state index in [1.54, 1.807) is 0 Å². The number of amides is 1. The molecule has 1 saturated heterocycles. The van der Waals surface area contributed by atoms with Crippen molar-refractivity contribution in [2.45, 2.75) is 51.6 Å². The highest BCUT2D eigenvalue weighted by molar-refractivity contribution is 14.1. The molecule has 194 valence electrons. The Kier molecular flexibility index (Phi) is 8.35. The number of halogens is 1. The van der Waals surface area contributed by atoms with E-state index in [2.05, 4.69) is 95.2 Å². The van der Waals surface area contributed by atoms with Gasteiger partial charge in [-0.3, -0.25) is 9.69 Å². The van der Waals surface area contributed by atoms with E-state index in [1.165, 1.54) is 27.5 Å². The Hall–Kier alpha value is -2.58. The first-order valence-corrected chi connectivity index (χ1v) is 14.4. The molecule has 2 atom stereocenters. The van der Waals surface area contributed by atoms with Crippen LogP contribution >= 0.6 is 22.6 Å². The number of benzene rings is 3. The zero-order valence-electron chi connectivity index (χ0n) is 21.6. The van der Waals surface area contributed by atoms with Gasteiger partial charge < -0.3 is 14.8 Å². The van der Waals surface area contributed by atoms with Gasteiger partial charge in [0.1, 0.15) is 0 Å². The number of fused-ring (bicyclic) bond motifs is 1. The molecule has 6 heteroatoms. The quantitative estimate of drug-likeness (QED) is 0.282. The summed E-state index contributed by atoms with van der Waals surface area (Å²) in [5.41, 5.74) is 4.46. The molecule has 1 fully saturated rings. The fraction of sp³-hybridized carbons (Fsp3) is 0.387. The maximum atomic E-state index is 12.9. The van der Waals surface area contributed by atoms with Crippen LogP contribution in [-0.4, -0.2) is 30.7 Å². The Morgan fingerprint density at radius 1 is 0.973 bits per heavy atom. The van der Waals surface area contributed by atoms with Crippen molar-refractivity contribution >= 4 is 28.5 Å². The molecule has 5 rings (SSSR count). The Morgan fingerprint density at radius 3 is 2.35 bits per heavy atom. The van der Waals surface area contributed by atoms with E-state index in [1.807, 2.05) is 18.2 Å². The number of nitrogens with zero attached hydrogens (tertiary/aromatic N) is 1. The molecule has 5 nitrogen and oxygen atoms in total. The van der Waals surface area contributed by atoms with Gasteiger partial charge in [0.2, 0.25) is 6.79 Å². The molecule has 2 aliphatic rings. The summed E-state index contributed by atoms with van der Waals surface area (Å²) >= 11 is 2.30. The van der Waals surface area contributed by atoms with Gasteiger partial charge in [-0.15, -0.1) is 0 Å². The molecule has 0 radical (unpaired) electrons. The summed E-state index contributed by atoms with van der Waals surface area (Å²) in [6, 6.07) is 23.3. The van der Waals surface area contributed by atoms with Crippen LogP contribution in [0.2, 0.25) is 0 Å². The standard InChI is InChI=1S/C31H35IN2O3/c1-3-28(24-8-11-27(32)12-9-24)33-31(35)25-6-4-22(5-7-25)18-23-14-16-34(17-15-23)21(2)26-10-13-29-30(19-26)37-20-36-29/h4-13,19,21,23,28H,3,14-18,20H2,1-2H3,(H,33,35)/t21?,28-/m1/s1. The third-order valence-electron chi connectivity index (χ3n) is 7.80. The molecular formula is C31H35IN2O3. The maximum Gasteiger partial charge on any atom is 0.251 e. The summed E-state index contributed by atoms with van der Waals surface area (Å²) in [6.45, 7) is 6.89. The van der Waals surface area contributed by atoms with Gasteiger partial charge in [0.15, 0.2) is 11.5 Å². The van der Waals surface area contributed by atoms with Crippen LogP contribution in [0.15, 0.2) is 66.7 Å². The van der Waals surface area contributed by atoms with Crippen LogP contribution < -0.4 is 14.8 Å². The largest absolute Gasteiger partial charge is 0.454 e. The average molecular weight is 611 g/mol. The summed E-state index contributed by atoms with van der Waals surface area (Å²) in [5, 5.41) is 3.20. The van der Waals surface area contributed by atoms with Crippen LogP contribution in [0.3, 0.4) is 0 Å². The second-order valence-corrected chi connectivity index (χ2v) is 11.4. The highest BCUT2D eigenvalue weighted by atomic mass is 127. The fourth-order valence-corrected chi connectivity index (χ4v) is 5.77. The molecule has 2 aliphatic heterocycles. The van der Waals surface area contributed by atoms with Crippen molar-refractivity contribution < 1.29 is 14.3 Å². The van der Waals surface area contributed by atoms with Gasteiger partial charge in [-0.2, -0.15) is 0 Å². The first-order valence-electron chi connectivity index (χ1n) is 13.3. The lowest BCUT2D eigenvalue weighted by atomic mass is 9.89. The molecule has 3 aromatic rings. The zero-order chi connectivity index (χ0) is 25.8. The van der Waals surface area contributed by atoms with E-state index < -0.39 is 0 Å². The zero-order valence-corrected chi connectivity index (χ0v) is 23.7. The van der Waals surface area contributed by atoms with Gasteiger partial charge in [0.05, 0.1) is 6.04 Å². The molecule has 0 saturated carbocycles. The van der Waals surface area contributed by atoms with Crippen LogP contribution in [0, 0.1) is 9.49 Å². The maximum absolute atomic E-state index is 12.9. The molecule has 1 amide bonds. The number of carbonyl (C=O) groups excluding carboxylic acids is 1. The van der Waals surface area contributed by atoms with Crippen molar-refractivity contribution in [3.63, 3.8) is 0 Å². The predicted molar refractivity (Wildman–Crippen MR) is 155 cm³/mol. The normalized spacial score (nSPS) is 17.4. The Bertz CT molecular complexity index is 1200. The molecule has 1 unspecified atom stereocenters. The van der Waals surface area contributed by atoms with Gasteiger partial charge in [-0.05, 0) is 127 Å². The summed E-state index contributed by atoms with van der Waals surface area (Å²) in [6.07, 6.45) is 4.29. The second kappa shape index (κ2) is 11.9. The van der Waals surface area contributed by atoms with E-state index in [9.17, 15) is 4.79 Å². The van der Waals surface area contributed by atoms with Crippen molar-refractivity contribution in [2.24, 2.45) is 5.92 Å². The van der Waals surface area contributed by atoms with E-state index in [0.717, 1.165) is 48.6 Å². The van der Waals surface area contributed by atoms with Gasteiger partial charge >= 0.3 is 0 Å². The highest BCUT2D eigenvalue weighted by Gasteiger charge is 2.25. The van der Waals surface area contributed by atoms with Crippen LogP contribution in [-0.2, 0) is 6.42 Å². The Morgan fingerprint density at radius 2 is 1.65 bits per heavy atom. The molecule has 0 aliphatic carbocycles. The first kappa shape index (κ1) is 26.0. The SMILES string of the molecule is CC[C@@H](NC(=O)c1ccc(CC2CCN(C(C)c3ccc4c(c3)OCO4)CC2)cc1)c1ccc(I)cc1. The van der Waals surface area contributed by atoms with Gasteiger partial charge in [-0.25, -0.2) is 0 Å². The number of hydrogen-bond donors (Lipinski definition) is 1. The topological polar surface area (TPSA) is 50.8 Å². The third kappa shape index (κ3) is 6.29. The lowest BCUT2D eigenvalue weighted by Crippen LogP contribution is -2.36. The average Bonchev–Trinajstić information content (AvgIpc) is 3.41. The molecule has 1 N–H and O–H groups in total. The molecular weight excluding hydrogens is 575 g/mol. The smallest absolute Gasteiger partial charge is 0.251 e. The van der Waals surface area contributed by atoms with E-state index >= 15 is 0 Å². The third-order valence-corrected chi connectivity index (χ3v) is 8.52. The molecule has 2 heterocycles. The molecule has 0 aromatic heterocycles. The number of carbonyl (C=O) groups is 1. The fourth-order valence-electron chi connectivity index (χ4n) is 5.41. The molecule has 3 aromatic carbocycles. The van der Waals surface area contributed by atoms with E-state index in [4.69, 9.17) is 9.47 Å². The van der Waals surface area contributed by atoms with Crippen molar-refractivity contribution in [3.05, 3.63) is 92.6 Å². The minimum atomic E-state index is -0.0113. The number of ether oxygens (including phenoxy) is 2. The lowest BCUT2D eigenvalue weighted by Gasteiger charge is -2.36. The van der Waals surface area contributed by atoms with Crippen molar-refractivity contribution in [1.29, 1.82) is 0 Å². The minimum absolute atomic E-state index is 0.0113.